The quantitative estimate of drug-likeness (QED) is 0.698. The summed E-state index contributed by atoms with van der Waals surface area (Å²) >= 11 is 0. The minimum atomic E-state index is 0.874. The zero-order chi connectivity index (χ0) is 9.84. The first-order valence-electron chi connectivity index (χ1n) is 4.75. The molecule has 1 aromatic rings. The normalized spacial score (nSPS) is 10.1. The second-order valence-corrected chi connectivity index (χ2v) is 3.47. The second kappa shape index (κ2) is 4.17. The first kappa shape index (κ1) is 9.90. The third-order valence-corrected chi connectivity index (χ3v) is 2.10. The fourth-order valence-corrected chi connectivity index (χ4v) is 1.38. The molecule has 0 unspecified atom stereocenters. The largest absolute Gasteiger partial charge is 0.397 e. The molecule has 0 atom stereocenters. The van der Waals surface area contributed by atoms with Crippen molar-refractivity contribution in [1.82, 2.24) is 0 Å². The van der Waals surface area contributed by atoms with E-state index in [1.165, 1.54) is 5.56 Å². The number of benzene rings is 1. The molecule has 13 heavy (non-hydrogen) atoms. The van der Waals surface area contributed by atoms with Crippen LogP contribution in [0.5, 0.6) is 0 Å². The molecule has 2 heteroatoms. The molecule has 0 aliphatic heterocycles. The van der Waals surface area contributed by atoms with Crippen molar-refractivity contribution >= 4 is 11.4 Å². The number of anilines is 2. The van der Waals surface area contributed by atoms with Crippen molar-refractivity contribution in [3.63, 3.8) is 0 Å². The first-order valence-corrected chi connectivity index (χ1v) is 4.75. The standard InChI is InChI=1S/C11H18N2/c1-4-5-13-10-7-8(2)6-9(3)11(10)12/h6-7,13H,4-5,12H2,1-3H3. The Morgan fingerprint density at radius 2 is 2.00 bits per heavy atom. The Kier molecular flexibility index (Phi) is 3.18. The van der Waals surface area contributed by atoms with Crippen LogP contribution < -0.4 is 11.1 Å². The molecule has 0 aliphatic rings. The van der Waals surface area contributed by atoms with E-state index in [9.17, 15) is 0 Å². The van der Waals surface area contributed by atoms with Crippen molar-refractivity contribution in [3.05, 3.63) is 23.3 Å². The zero-order valence-corrected chi connectivity index (χ0v) is 8.65. The van der Waals surface area contributed by atoms with Gasteiger partial charge in [0, 0.05) is 6.54 Å². The first-order chi connectivity index (χ1) is 6.15. The van der Waals surface area contributed by atoms with Crippen LogP contribution in [0.3, 0.4) is 0 Å². The van der Waals surface area contributed by atoms with Crippen LogP contribution in [0.4, 0.5) is 11.4 Å². The van der Waals surface area contributed by atoms with Crippen LogP contribution in [0.25, 0.3) is 0 Å². The Labute approximate surface area is 80.1 Å². The molecule has 0 saturated heterocycles. The lowest BCUT2D eigenvalue weighted by Gasteiger charge is -2.11. The predicted molar refractivity (Wildman–Crippen MR) is 59.1 cm³/mol. The molecule has 1 aromatic carbocycles. The fourth-order valence-electron chi connectivity index (χ4n) is 1.38. The molecule has 3 N–H and O–H groups in total. The highest BCUT2D eigenvalue weighted by atomic mass is 14.9. The maximum atomic E-state index is 5.93. The summed E-state index contributed by atoms with van der Waals surface area (Å²) < 4.78 is 0. The van der Waals surface area contributed by atoms with E-state index in [0.717, 1.165) is 29.9 Å². The third-order valence-electron chi connectivity index (χ3n) is 2.10. The summed E-state index contributed by atoms with van der Waals surface area (Å²) in [6, 6.07) is 4.20. The van der Waals surface area contributed by atoms with Crippen LogP contribution in [0.1, 0.15) is 24.5 Å². The van der Waals surface area contributed by atoms with E-state index in [2.05, 4.69) is 31.3 Å². The number of aryl methyl sites for hydroxylation is 2. The zero-order valence-electron chi connectivity index (χ0n) is 8.65. The van der Waals surface area contributed by atoms with Gasteiger partial charge in [0.2, 0.25) is 0 Å². The van der Waals surface area contributed by atoms with E-state index >= 15 is 0 Å². The average molecular weight is 178 g/mol. The summed E-state index contributed by atoms with van der Waals surface area (Å²) in [5.41, 5.74) is 10.3. The van der Waals surface area contributed by atoms with Gasteiger partial charge in [-0.05, 0) is 37.5 Å². The average Bonchev–Trinajstić information content (AvgIpc) is 2.09. The van der Waals surface area contributed by atoms with Gasteiger partial charge in [0.05, 0.1) is 11.4 Å². The molecule has 0 aliphatic carbocycles. The Hall–Kier alpha value is -1.18. The maximum absolute atomic E-state index is 5.93. The van der Waals surface area contributed by atoms with Gasteiger partial charge >= 0.3 is 0 Å². The smallest absolute Gasteiger partial charge is 0.0579 e. The van der Waals surface area contributed by atoms with Crippen LogP contribution in [0.2, 0.25) is 0 Å². The second-order valence-electron chi connectivity index (χ2n) is 3.47. The summed E-state index contributed by atoms with van der Waals surface area (Å²) in [4.78, 5) is 0. The number of hydrogen-bond acceptors (Lipinski definition) is 2. The monoisotopic (exact) mass is 178 g/mol. The summed E-state index contributed by atoms with van der Waals surface area (Å²) in [5, 5.41) is 3.32. The van der Waals surface area contributed by atoms with Crippen molar-refractivity contribution in [2.75, 3.05) is 17.6 Å². The summed E-state index contributed by atoms with van der Waals surface area (Å²) in [6.45, 7) is 7.25. The van der Waals surface area contributed by atoms with Gasteiger partial charge in [-0.1, -0.05) is 13.0 Å². The molecule has 0 radical (unpaired) electrons. The lowest BCUT2D eigenvalue weighted by Crippen LogP contribution is -2.04. The van der Waals surface area contributed by atoms with Crippen LogP contribution >= 0.6 is 0 Å². The van der Waals surface area contributed by atoms with Gasteiger partial charge in [-0.2, -0.15) is 0 Å². The Bertz CT molecular complexity index is 292. The molecule has 0 amide bonds. The van der Waals surface area contributed by atoms with Gasteiger partial charge < -0.3 is 11.1 Å². The molecule has 1 rings (SSSR count). The molecule has 0 fully saturated rings. The molecule has 0 bridgehead atoms. The minimum absolute atomic E-state index is 0.874. The summed E-state index contributed by atoms with van der Waals surface area (Å²) in [5.74, 6) is 0. The topological polar surface area (TPSA) is 38.0 Å². The number of nitrogen functional groups attached to an aromatic ring is 1. The summed E-state index contributed by atoms with van der Waals surface area (Å²) in [7, 11) is 0. The molecule has 0 heterocycles. The van der Waals surface area contributed by atoms with E-state index in [1.807, 2.05) is 6.92 Å². The van der Waals surface area contributed by atoms with Gasteiger partial charge in [-0.25, -0.2) is 0 Å². The van der Waals surface area contributed by atoms with E-state index in [0.29, 0.717) is 0 Å². The number of hydrogen-bond donors (Lipinski definition) is 2. The third kappa shape index (κ3) is 2.38. The van der Waals surface area contributed by atoms with Crippen molar-refractivity contribution in [2.24, 2.45) is 0 Å². The SMILES string of the molecule is CCCNc1cc(C)cc(C)c1N. The molecule has 72 valence electrons. The minimum Gasteiger partial charge on any atom is -0.397 e. The molecule has 0 aromatic heterocycles. The van der Waals surface area contributed by atoms with Crippen LogP contribution in [-0.2, 0) is 0 Å². The van der Waals surface area contributed by atoms with Crippen molar-refractivity contribution in [1.29, 1.82) is 0 Å². The van der Waals surface area contributed by atoms with E-state index in [-0.39, 0.29) is 0 Å². The number of nitrogens with one attached hydrogen (secondary N) is 1. The predicted octanol–water partition coefficient (Wildman–Crippen LogP) is 2.71. The van der Waals surface area contributed by atoms with Gasteiger partial charge in [0.1, 0.15) is 0 Å². The molecular formula is C11H18N2. The molecule has 0 saturated carbocycles. The van der Waals surface area contributed by atoms with E-state index in [1.54, 1.807) is 0 Å². The van der Waals surface area contributed by atoms with Gasteiger partial charge in [-0.15, -0.1) is 0 Å². The van der Waals surface area contributed by atoms with Crippen molar-refractivity contribution in [2.45, 2.75) is 27.2 Å². The Morgan fingerprint density at radius 3 is 2.62 bits per heavy atom. The number of rotatable bonds is 3. The molecule has 2 nitrogen and oxygen atoms in total. The highest BCUT2D eigenvalue weighted by Crippen LogP contribution is 2.23. The highest BCUT2D eigenvalue weighted by molar-refractivity contribution is 5.70. The van der Waals surface area contributed by atoms with Crippen LogP contribution in [0.15, 0.2) is 12.1 Å². The van der Waals surface area contributed by atoms with Crippen molar-refractivity contribution in [3.8, 4) is 0 Å². The van der Waals surface area contributed by atoms with Crippen LogP contribution in [0, 0.1) is 13.8 Å². The lowest BCUT2D eigenvalue weighted by atomic mass is 10.1. The Balaban J connectivity index is 2.92. The van der Waals surface area contributed by atoms with Gasteiger partial charge in [-0.3, -0.25) is 0 Å². The maximum Gasteiger partial charge on any atom is 0.0579 e. The van der Waals surface area contributed by atoms with Crippen molar-refractivity contribution < 1.29 is 0 Å². The van der Waals surface area contributed by atoms with Gasteiger partial charge in [0.25, 0.3) is 0 Å². The van der Waals surface area contributed by atoms with Gasteiger partial charge in [0.15, 0.2) is 0 Å². The summed E-state index contributed by atoms with van der Waals surface area (Å²) in [6.07, 6.45) is 1.12. The Morgan fingerprint density at radius 1 is 1.31 bits per heavy atom. The fraction of sp³-hybridized carbons (Fsp3) is 0.455. The number of nitrogens with two attached hydrogens (primary N) is 1. The van der Waals surface area contributed by atoms with E-state index in [4.69, 9.17) is 5.73 Å². The highest BCUT2D eigenvalue weighted by Gasteiger charge is 2.01. The van der Waals surface area contributed by atoms with Crippen LogP contribution in [-0.4, -0.2) is 6.54 Å². The molecule has 0 spiro atoms. The van der Waals surface area contributed by atoms with E-state index < -0.39 is 0 Å². The molecular weight excluding hydrogens is 160 g/mol. The lowest BCUT2D eigenvalue weighted by molar-refractivity contribution is 0.979.